The topological polar surface area (TPSA) is 121 Å². The molecule has 1 aliphatic carbocycles. The lowest BCUT2D eigenvalue weighted by molar-refractivity contribution is 0.320. The quantitative estimate of drug-likeness (QED) is 0.317. The van der Waals surface area contributed by atoms with E-state index in [0.29, 0.717) is 22.6 Å². The summed E-state index contributed by atoms with van der Waals surface area (Å²) in [5.41, 5.74) is 6.07. The molecule has 0 bridgehead atoms. The molecule has 0 saturated heterocycles. The number of rotatable bonds is 2. The molecule has 7 nitrogen and oxygen atoms in total. The fraction of sp³-hybridized carbons (Fsp3) is 0. The van der Waals surface area contributed by atoms with Crippen molar-refractivity contribution in [1.82, 2.24) is 9.97 Å². The molecule has 0 radical (unpaired) electrons. The number of nitrogens with one attached hydrogen (secondary N) is 1. The number of oxime groups is 1. The molecule has 0 spiro atoms. The first-order valence-electron chi connectivity index (χ1n) is 8.45. The maximum atomic E-state index is 11.6. The molecule has 4 N–H and O–H groups in total. The highest BCUT2D eigenvalue weighted by molar-refractivity contribution is 7.89. The molecule has 5 rings (SSSR count). The monoisotopic (exact) mass is 390 g/mol. The van der Waals surface area contributed by atoms with Gasteiger partial charge in [-0.05, 0) is 23.8 Å². The summed E-state index contributed by atoms with van der Waals surface area (Å²) < 4.78 is 23.2. The van der Waals surface area contributed by atoms with Crippen LogP contribution in [-0.4, -0.2) is 29.3 Å². The van der Waals surface area contributed by atoms with Crippen LogP contribution < -0.4 is 5.14 Å². The van der Waals surface area contributed by atoms with Crippen LogP contribution in [0, 0.1) is 0 Å². The van der Waals surface area contributed by atoms with E-state index in [1.54, 1.807) is 6.07 Å². The summed E-state index contributed by atoms with van der Waals surface area (Å²) >= 11 is 0. The van der Waals surface area contributed by atoms with Gasteiger partial charge in [0.1, 0.15) is 11.5 Å². The molecule has 1 aliphatic rings. The third kappa shape index (κ3) is 2.35. The summed E-state index contributed by atoms with van der Waals surface area (Å²) in [5, 5.41) is 18.3. The molecule has 28 heavy (non-hydrogen) atoms. The fourth-order valence-corrected chi connectivity index (χ4v) is 4.22. The van der Waals surface area contributed by atoms with Crippen LogP contribution in [0.15, 0.2) is 70.7 Å². The number of H-pyrrole nitrogens is 1. The van der Waals surface area contributed by atoms with Crippen molar-refractivity contribution < 1.29 is 13.6 Å². The minimum Gasteiger partial charge on any atom is -0.410 e. The fourth-order valence-electron chi connectivity index (χ4n) is 3.69. The zero-order valence-corrected chi connectivity index (χ0v) is 15.2. The van der Waals surface area contributed by atoms with Crippen LogP contribution in [0.2, 0.25) is 0 Å². The van der Waals surface area contributed by atoms with Crippen LogP contribution in [0.1, 0.15) is 11.1 Å². The molecule has 138 valence electrons. The van der Waals surface area contributed by atoms with Gasteiger partial charge in [-0.25, -0.2) is 18.5 Å². The zero-order chi connectivity index (χ0) is 19.5. The normalized spacial score (nSPS) is 14.4. The Kier molecular flexibility index (Phi) is 3.42. The van der Waals surface area contributed by atoms with E-state index < -0.39 is 10.0 Å². The van der Waals surface area contributed by atoms with Gasteiger partial charge < -0.3 is 10.2 Å². The molecule has 3 aromatic carbocycles. The molecule has 0 saturated carbocycles. The average molecular weight is 390 g/mol. The van der Waals surface area contributed by atoms with Crippen molar-refractivity contribution in [2.45, 2.75) is 4.90 Å². The molecular weight excluding hydrogens is 376 g/mol. The summed E-state index contributed by atoms with van der Waals surface area (Å²) in [5.74, 6) is 0.590. The molecule has 0 fully saturated rings. The van der Waals surface area contributed by atoms with Crippen LogP contribution in [0.25, 0.3) is 33.5 Å². The Morgan fingerprint density at radius 3 is 2.39 bits per heavy atom. The van der Waals surface area contributed by atoms with Crippen molar-refractivity contribution >= 4 is 26.8 Å². The molecule has 4 aromatic rings. The molecule has 1 aromatic heterocycles. The van der Waals surface area contributed by atoms with Crippen molar-refractivity contribution in [3.8, 4) is 22.5 Å². The Hall–Kier alpha value is -3.49. The second kappa shape index (κ2) is 5.75. The van der Waals surface area contributed by atoms with Gasteiger partial charge in [-0.2, -0.15) is 0 Å². The van der Waals surface area contributed by atoms with Crippen molar-refractivity contribution in [1.29, 1.82) is 0 Å². The zero-order valence-electron chi connectivity index (χ0n) is 14.4. The van der Waals surface area contributed by atoms with Crippen LogP contribution in [0.3, 0.4) is 0 Å². The van der Waals surface area contributed by atoms with E-state index in [2.05, 4.69) is 15.1 Å². The number of imidazole rings is 1. The highest BCUT2D eigenvalue weighted by atomic mass is 32.2. The molecule has 1 heterocycles. The first kappa shape index (κ1) is 16.7. The number of primary sulfonamides is 1. The van der Waals surface area contributed by atoms with Crippen LogP contribution in [0.5, 0.6) is 0 Å². The summed E-state index contributed by atoms with van der Waals surface area (Å²) in [7, 11) is -3.81. The number of nitrogens with zero attached hydrogens (tertiary/aromatic N) is 2. The Labute approximate surface area is 160 Å². The molecule has 0 atom stereocenters. The molecule has 0 aliphatic heterocycles. The third-order valence-corrected chi connectivity index (χ3v) is 5.82. The van der Waals surface area contributed by atoms with Gasteiger partial charge in [0.25, 0.3) is 0 Å². The first-order chi connectivity index (χ1) is 13.5. The van der Waals surface area contributed by atoms with Gasteiger partial charge >= 0.3 is 0 Å². The number of aromatic nitrogens is 2. The molecule has 0 unspecified atom stereocenters. The van der Waals surface area contributed by atoms with E-state index in [4.69, 9.17) is 5.14 Å². The minimum atomic E-state index is -3.81. The standard InChI is InChI=1S/C20H14N4O3S/c21-28(26,27)11-8-9-16-17(10-11)23-20(22-16)15-7-3-6-14-18(15)12-4-1-2-5-13(12)19(14)24-25/h1-10,25H,(H,22,23)(H2,21,26,27). The molecule has 0 amide bonds. The maximum Gasteiger partial charge on any atom is 0.238 e. The maximum absolute atomic E-state index is 11.6. The van der Waals surface area contributed by atoms with Gasteiger partial charge in [0, 0.05) is 22.3 Å². The van der Waals surface area contributed by atoms with Gasteiger partial charge in [0.05, 0.1) is 15.9 Å². The lowest BCUT2D eigenvalue weighted by Gasteiger charge is -2.06. The Bertz CT molecular complexity index is 1400. The van der Waals surface area contributed by atoms with Crippen molar-refractivity contribution in [2.75, 3.05) is 0 Å². The Morgan fingerprint density at radius 1 is 0.929 bits per heavy atom. The van der Waals surface area contributed by atoms with Crippen LogP contribution in [0.4, 0.5) is 0 Å². The average Bonchev–Trinajstić information content (AvgIpc) is 3.25. The van der Waals surface area contributed by atoms with E-state index in [9.17, 15) is 13.6 Å². The van der Waals surface area contributed by atoms with Crippen LogP contribution in [-0.2, 0) is 10.0 Å². The number of aromatic amines is 1. The summed E-state index contributed by atoms with van der Waals surface area (Å²) in [6.07, 6.45) is 0. The number of benzene rings is 3. The number of sulfonamides is 1. The lowest BCUT2D eigenvalue weighted by atomic mass is 9.99. The van der Waals surface area contributed by atoms with Crippen LogP contribution >= 0.6 is 0 Å². The SMILES string of the molecule is NS(=O)(=O)c1ccc2[nH]c(-c3cccc4c3-c3ccccc3C4=NO)nc2c1. The second-order valence-corrected chi connectivity index (χ2v) is 8.09. The highest BCUT2D eigenvalue weighted by Crippen LogP contribution is 2.42. The van der Waals surface area contributed by atoms with E-state index in [-0.39, 0.29) is 4.90 Å². The Morgan fingerprint density at radius 2 is 1.64 bits per heavy atom. The summed E-state index contributed by atoms with van der Waals surface area (Å²) in [6, 6.07) is 17.9. The number of nitrogens with two attached hydrogens (primary N) is 1. The predicted molar refractivity (Wildman–Crippen MR) is 106 cm³/mol. The van der Waals surface area contributed by atoms with Gasteiger partial charge in [-0.3, -0.25) is 0 Å². The summed E-state index contributed by atoms with van der Waals surface area (Å²) in [6.45, 7) is 0. The van der Waals surface area contributed by atoms with Crippen molar-refractivity contribution in [2.24, 2.45) is 10.3 Å². The summed E-state index contributed by atoms with van der Waals surface area (Å²) in [4.78, 5) is 7.83. The largest absolute Gasteiger partial charge is 0.410 e. The van der Waals surface area contributed by atoms with Crippen molar-refractivity contribution in [3.63, 3.8) is 0 Å². The first-order valence-corrected chi connectivity index (χ1v) is 10.00. The second-order valence-electron chi connectivity index (χ2n) is 6.53. The number of hydrogen-bond acceptors (Lipinski definition) is 5. The Balaban J connectivity index is 1.76. The van der Waals surface area contributed by atoms with Gasteiger partial charge in [0.2, 0.25) is 10.0 Å². The van der Waals surface area contributed by atoms with Gasteiger partial charge in [0.15, 0.2) is 0 Å². The molecule has 8 heteroatoms. The van der Waals surface area contributed by atoms with Gasteiger partial charge in [-0.15, -0.1) is 0 Å². The third-order valence-electron chi connectivity index (χ3n) is 4.91. The number of hydrogen-bond donors (Lipinski definition) is 3. The van der Waals surface area contributed by atoms with Gasteiger partial charge in [-0.1, -0.05) is 47.6 Å². The predicted octanol–water partition coefficient (Wildman–Crippen LogP) is 3.08. The number of fused-ring (bicyclic) bond motifs is 4. The lowest BCUT2D eigenvalue weighted by Crippen LogP contribution is -2.11. The molecular formula is C20H14N4O3S. The van der Waals surface area contributed by atoms with E-state index in [1.165, 1.54) is 12.1 Å². The van der Waals surface area contributed by atoms with Crippen molar-refractivity contribution in [3.05, 3.63) is 71.8 Å². The van der Waals surface area contributed by atoms with E-state index in [0.717, 1.165) is 27.8 Å². The van der Waals surface area contributed by atoms with E-state index >= 15 is 0 Å². The minimum absolute atomic E-state index is 0.0105. The van der Waals surface area contributed by atoms with E-state index in [1.807, 2.05) is 42.5 Å². The highest BCUT2D eigenvalue weighted by Gasteiger charge is 2.28. The smallest absolute Gasteiger partial charge is 0.238 e.